The van der Waals surface area contributed by atoms with E-state index in [1.165, 1.54) is 0 Å². The third-order valence-corrected chi connectivity index (χ3v) is 6.37. The first-order valence-electron chi connectivity index (χ1n) is 9.90. The molecule has 2 unspecified atom stereocenters. The summed E-state index contributed by atoms with van der Waals surface area (Å²) in [5.41, 5.74) is 1.99. The first-order valence-corrected chi connectivity index (χ1v) is 10.8. The molecule has 3 aromatic heterocycles. The number of fused-ring (bicyclic) bond motifs is 1. The average molecular weight is 406 g/mol. The Hall–Kier alpha value is -2.77. The molecule has 1 fully saturated rings. The standard InChI is InChI=1S/C22H23N5OS/c1-26-11-9-23-22(26)19(28)15-5-4-10-27(13-15)21-17-6-2-3-7-18(17)24-20(25-21)16-8-12-29-14-16/h2-3,6-9,11-12,14-15,19,28H,4-5,10,13H2,1H3. The van der Waals surface area contributed by atoms with Crippen LogP contribution in [0.3, 0.4) is 0 Å². The molecule has 6 nitrogen and oxygen atoms in total. The zero-order chi connectivity index (χ0) is 19.8. The second kappa shape index (κ2) is 7.57. The maximum absolute atomic E-state index is 11.0. The molecule has 1 saturated heterocycles. The third kappa shape index (κ3) is 3.41. The summed E-state index contributed by atoms with van der Waals surface area (Å²) < 4.78 is 1.90. The topological polar surface area (TPSA) is 67.1 Å². The van der Waals surface area contributed by atoms with E-state index in [0.717, 1.165) is 59.9 Å². The lowest BCUT2D eigenvalue weighted by molar-refractivity contribution is 0.0874. The molecular formula is C22H23N5OS. The minimum Gasteiger partial charge on any atom is -0.385 e. The molecule has 0 amide bonds. The number of rotatable bonds is 4. The van der Waals surface area contributed by atoms with E-state index < -0.39 is 6.10 Å². The lowest BCUT2D eigenvalue weighted by Crippen LogP contribution is -2.39. The van der Waals surface area contributed by atoms with Crippen LogP contribution in [0.25, 0.3) is 22.3 Å². The van der Waals surface area contributed by atoms with Gasteiger partial charge in [0.25, 0.3) is 0 Å². The molecule has 0 aliphatic carbocycles. The summed E-state index contributed by atoms with van der Waals surface area (Å²) >= 11 is 1.65. The zero-order valence-electron chi connectivity index (χ0n) is 16.3. The van der Waals surface area contributed by atoms with Crippen molar-refractivity contribution < 1.29 is 5.11 Å². The van der Waals surface area contributed by atoms with Gasteiger partial charge in [0.05, 0.1) is 5.52 Å². The number of imidazole rings is 1. The number of aromatic nitrogens is 4. The molecule has 0 bridgehead atoms. The van der Waals surface area contributed by atoms with E-state index in [1.54, 1.807) is 17.5 Å². The minimum atomic E-state index is -0.581. The summed E-state index contributed by atoms with van der Waals surface area (Å²) in [6, 6.07) is 10.2. The number of piperidine rings is 1. The van der Waals surface area contributed by atoms with Gasteiger partial charge in [-0.2, -0.15) is 11.3 Å². The Bertz CT molecular complexity index is 1120. The Labute approximate surface area is 173 Å². The van der Waals surface area contributed by atoms with Crippen molar-refractivity contribution in [3.8, 4) is 11.4 Å². The van der Waals surface area contributed by atoms with E-state index in [-0.39, 0.29) is 5.92 Å². The van der Waals surface area contributed by atoms with E-state index in [0.29, 0.717) is 0 Å². The van der Waals surface area contributed by atoms with Crippen LogP contribution in [-0.4, -0.2) is 37.7 Å². The molecule has 0 spiro atoms. The molecule has 2 atom stereocenters. The van der Waals surface area contributed by atoms with Crippen LogP contribution in [0.5, 0.6) is 0 Å². The molecule has 4 heterocycles. The van der Waals surface area contributed by atoms with Crippen molar-refractivity contribution in [2.45, 2.75) is 18.9 Å². The summed E-state index contributed by atoms with van der Waals surface area (Å²) in [5, 5.41) is 16.1. The van der Waals surface area contributed by atoms with Gasteiger partial charge in [0.2, 0.25) is 0 Å². The van der Waals surface area contributed by atoms with Gasteiger partial charge in [0.1, 0.15) is 17.7 Å². The van der Waals surface area contributed by atoms with Gasteiger partial charge >= 0.3 is 0 Å². The molecule has 5 rings (SSSR count). The lowest BCUT2D eigenvalue weighted by Gasteiger charge is -2.36. The van der Waals surface area contributed by atoms with Gasteiger partial charge < -0.3 is 14.6 Å². The Balaban J connectivity index is 1.52. The van der Waals surface area contributed by atoms with E-state index in [2.05, 4.69) is 27.4 Å². The third-order valence-electron chi connectivity index (χ3n) is 5.69. The number of anilines is 1. The normalized spacial score (nSPS) is 18.3. The molecule has 1 aromatic carbocycles. The fourth-order valence-corrected chi connectivity index (χ4v) is 4.79. The molecule has 148 valence electrons. The molecule has 1 aliphatic rings. The fraction of sp³-hybridized carbons (Fsp3) is 0.318. The number of hydrogen-bond donors (Lipinski definition) is 1. The van der Waals surface area contributed by atoms with Crippen molar-refractivity contribution in [1.29, 1.82) is 0 Å². The summed E-state index contributed by atoms with van der Waals surface area (Å²) in [4.78, 5) is 16.4. The van der Waals surface area contributed by atoms with Crippen LogP contribution < -0.4 is 4.90 Å². The van der Waals surface area contributed by atoms with Crippen LogP contribution >= 0.6 is 11.3 Å². The van der Waals surface area contributed by atoms with Crippen molar-refractivity contribution in [2.24, 2.45) is 13.0 Å². The first-order chi connectivity index (χ1) is 14.2. The second-order valence-electron chi connectivity index (χ2n) is 7.59. The van der Waals surface area contributed by atoms with Crippen LogP contribution in [0.4, 0.5) is 5.82 Å². The summed E-state index contributed by atoms with van der Waals surface area (Å²) in [5.74, 6) is 2.55. The van der Waals surface area contributed by atoms with Gasteiger partial charge in [-0.25, -0.2) is 15.0 Å². The van der Waals surface area contributed by atoms with E-state index in [9.17, 15) is 5.11 Å². The number of hydrogen-bond acceptors (Lipinski definition) is 6. The van der Waals surface area contributed by atoms with Crippen LogP contribution in [0, 0.1) is 5.92 Å². The van der Waals surface area contributed by atoms with Gasteiger partial charge in [0, 0.05) is 54.8 Å². The Morgan fingerprint density at radius 1 is 1.21 bits per heavy atom. The fourth-order valence-electron chi connectivity index (χ4n) is 4.15. The highest BCUT2D eigenvalue weighted by Gasteiger charge is 2.30. The second-order valence-corrected chi connectivity index (χ2v) is 8.37. The minimum absolute atomic E-state index is 0.114. The number of aliphatic hydroxyl groups is 1. The lowest BCUT2D eigenvalue weighted by atomic mass is 9.91. The largest absolute Gasteiger partial charge is 0.385 e. The molecule has 1 N–H and O–H groups in total. The van der Waals surface area contributed by atoms with Gasteiger partial charge in [-0.3, -0.25) is 0 Å². The monoisotopic (exact) mass is 405 g/mol. The van der Waals surface area contributed by atoms with Crippen LogP contribution in [-0.2, 0) is 7.05 Å². The van der Waals surface area contributed by atoms with Crippen molar-refractivity contribution in [3.05, 3.63) is 59.3 Å². The number of aliphatic hydroxyl groups excluding tert-OH is 1. The van der Waals surface area contributed by atoms with Crippen LogP contribution in [0.15, 0.2) is 53.5 Å². The highest BCUT2D eigenvalue weighted by Crippen LogP contribution is 2.34. The first kappa shape index (κ1) is 18.3. The summed E-state index contributed by atoms with van der Waals surface area (Å²) in [7, 11) is 1.93. The van der Waals surface area contributed by atoms with Crippen LogP contribution in [0.1, 0.15) is 24.8 Å². The Kier molecular flexibility index (Phi) is 4.77. The van der Waals surface area contributed by atoms with Crippen molar-refractivity contribution in [3.63, 3.8) is 0 Å². The molecule has 0 radical (unpaired) electrons. The van der Waals surface area contributed by atoms with Gasteiger partial charge in [-0.05, 0) is 36.4 Å². The maximum atomic E-state index is 11.0. The van der Waals surface area contributed by atoms with Gasteiger partial charge in [0.15, 0.2) is 5.82 Å². The number of thiophene rings is 1. The summed E-state index contributed by atoms with van der Waals surface area (Å²) in [6.07, 6.45) is 5.03. The van der Waals surface area contributed by atoms with Crippen molar-refractivity contribution >= 4 is 28.1 Å². The predicted molar refractivity (Wildman–Crippen MR) is 116 cm³/mol. The van der Waals surface area contributed by atoms with Crippen molar-refractivity contribution in [2.75, 3.05) is 18.0 Å². The Morgan fingerprint density at radius 3 is 2.90 bits per heavy atom. The number of benzene rings is 1. The number of nitrogens with zero attached hydrogens (tertiary/aromatic N) is 5. The van der Waals surface area contributed by atoms with Gasteiger partial charge in [-0.1, -0.05) is 12.1 Å². The summed E-state index contributed by atoms with van der Waals surface area (Å²) in [6.45, 7) is 1.67. The SMILES string of the molecule is Cn1ccnc1C(O)C1CCCN(c2nc(-c3ccsc3)nc3ccccc23)C1. The molecule has 1 aliphatic heterocycles. The maximum Gasteiger partial charge on any atom is 0.162 e. The molecule has 0 saturated carbocycles. The quantitative estimate of drug-likeness (QED) is 0.555. The molecular weight excluding hydrogens is 382 g/mol. The van der Waals surface area contributed by atoms with E-state index in [1.807, 2.05) is 41.4 Å². The van der Waals surface area contributed by atoms with E-state index >= 15 is 0 Å². The molecule has 29 heavy (non-hydrogen) atoms. The van der Waals surface area contributed by atoms with Crippen LogP contribution in [0.2, 0.25) is 0 Å². The van der Waals surface area contributed by atoms with Crippen molar-refractivity contribution in [1.82, 2.24) is 19.5 Å². The van der Waals surface area contributed by atoms with E-state index in [4.69, 9.17) is 9.97 Å². The van der Waals surface area contributed by atoms with Gasteiger partial charge in [-0.15, -0.1) is 0 Å². The zero-order valence-corrected chi connectivity index (χ0v) is 17.1. The smallest absolute Gasteiger partial charge is 0.162 e. The molecule has 4 aromatic rings. The molecule has 7 heteroatoms. The average Bonchev–Trinajstić information content (AvgIpc) is 3.44. The Morgan fingerprint density at radius 2 is 2.10 bits per heavy atom. The number of para-hydroxylation sites is 1. The highest BCUT2D eigenvalue weighted by molar-refractivity contribution is 7.08. The highest BCUT2D eigenvalue weighted by atomic mass is 32.1. The number of aryl methyl sites for hydroxylation is 1. The predicted octanol–water partition coefficient (Wildman–Crippen LogP) is 4.04.